The molecule has 0 spiro atoms. The Balaban J connectivity index is 1.43. The number of nitrogens with one attached hydrogen (secondary N) is 1. The van der Waals surface area contributed by atoms with Gasteiger partial charge in [0.1, 0.15) is 40.4 Å². The van der Waals surface area contributed by atoms with E-state index in [1.807, 2.05) is 0 Å². The molecular formula is C24H18F2N2O3S. The molecule has 0 unspecified atom stereocenters. The number of methoxy groups -OCH3 is 1. The molecule has 4 rings (SSSR count). The van der Waals surface area contributed by atoms with E-state index in [0.29, 0.717) is 27.8 Å². The first kappa shape index (κ1) is 21.5. The maximum atomic E-state index is 14.7. The van der Waals surface area contributed by atoms with Crippen molar-refractivity contribution in [3.63, 3.8) is 0 Å². The lowest BCUT2D eigenvalue weighted by Gasteiger charge is -2.08. The third-order valence-electron chi connectivity index (χ3n) is 4.55. The molecule has 0 aliphatic rings. The lowest BCUT2D eigenvalue weighted by Crippen LogP contribution is -2.12. The lowest BCUT2D eigenvalue weighted by molar-refractivity contribution is 0.102. The molecule has 32 heavy (non-hydrogen) atoms. The fourth-order valence-corrected chi connectivity index (χ4v) is 3.75. The second-order valence-corrected chi connectivity index (χ2v) is 7.64. The van der Waals surface area contributed by atoms with E-state index in [9.17, 15) is 13.6 Å². The van der Waals surface area contributed by atoms with E-state index in [1.54, 1.807) is 61.0 Å². The van der Waals surface area contributed by atoms with Crippen molar-refractivity contribution >= 4 is 22.9 Å². The maximum Gasteiger partial charge on any atom is 0.275 e. The summed E-state index contributed by atoms with van der Waals surface area (Å²) >= 11 is 1.17. The molecule has 0 aliphatic carbocycles. The lowest BCUT2D eigenvalue weighted by atomic mass is 10.2. The third-order valence-corrected chi connectivity index (χ3v) is 5.43. The van der Waals surface area contributed by atoms with Crippen LogP contribution in [0.1, 0.15) is 16.1 Å². The number of ether oxygens (including phenoxy) is 2. The number of thiazole rings is 1. The first-order chi connectivity index (χ1) is 15.5. The molecule has 0 aliphatic heterocycles. The Morgan fingerprint density at radius 1 is 1.03 bits per heavy atom. The minimum atomic E-state index is -0.529. The number of nitrogens with zero attached hydrogens (tertiary/aromatic N) is 1. The summed E-state index contributed by atoms with van der Waals surface area (Å²) in [7, 11) is 1.56. The summed E-state index contributed by atoms with van der Waals surface area (Å²) in [6.45, 7) is 0.115. The first-order valence-electron chi connectivity index (χ1n) is 9.60. The summed E-state index contributed by atoms with van der Waals surface area (Å²) < 4.78 is 38.6. The third kappa shape index (κ3) is 5.09. The summed E-state index contributed by atoms with van der Waals surface area (Å²) in [4.78, 5) is 16.7. The number of benzene rings is 3. The highest BCUT2D eigenvalue weighted by molar-refractivity contribution is 7.13. The quantitative estimate of drug-likeness (QED) is 0.378. The number of carbonyl (C=O) groups excluding carboxylic acids is 1. The Labute approximate surface area is 187 Å². The topological polar surface area (TPSA) is 60.5 Å². The van der Waals surface area contributed by atoms with E-state index in [-0.39, 0.29) is 23.7 Å². The van der Waals surface area contributed by atoms with Gasteiger partial charge < -0.3 is 14.8 Å². The Bertz CT molecular complexity index is 1240. The van der Waals surface area contributed by atoms with E-state index in [1.165, 1.54) is 29.5 Å². The second kappa shape index (κ2) is 9.57. The fourth-order valence-electron chi connectivity index (χ4n) is 2.92. The monoisotopic (exact) mass is 452 g/mol. The summed E-state index contributed by atoms with van der Waals surface area (Å²) in [6, 6.07) is 17.3. The van der Waals surface area contributed by atoms with Crippen molar-refractivity contribution in [2.45, 2.75) is 6.61 Å². The molecule has 5 nitrogen and oxygen atoms in total. The normalized spacial score (nSPS) is 10.6. The predicted molar refractivity (Wildman–Crippen MR) is 119 cm³/mol. The van der Waals surface area contributed by atoms with E-state index >= 15 is 0 Å². The number of rotatable bonds is 7. The van der Waals surface area contributed by atoms with Crippen molar-refractivity contribution in [2.75, 3.05) is 12.4 Å². The number of anilines is 1. The van der Waals surface area contributed by atoms with Crippen molar-refractivity contribution in [3.05, 3.63) is 95.0 Å². The minimum Gasteiger partial charge on any atom is -0.497 e. The van der Waals surface area contributed by atoms with Gasteiger partial charge in [-0.15, -0.1) is 11.3 Å². The highest BCUT2D eigenvalue weighted by Crippen LogP contribution is 2.29. The van der Waals surface area contributed by atoms with Gasteiger partial charge in [-0.05, 0) is 54.1 Å². The molecule has 8 heteroatoms. The van der Waals surface area contributed by atoms with Crippen LogP contribution < -0.4 is 14.8 Å². The number of hydrogen-bond acceptors (Lipinski definition) is 5. The molecule has 0 saturated carbocycles. The van der Waals surface area contributed by atoms with Gasteiger partial charge in [0.25, 0.3) is 5.91 Å². The summed E-state index contributed by atoms with van der Waals surface area (Å²) in [5.74, 6) is -0.295. The van der Waals surface area contributed by atoms with Crippen LogP contribution in [0, 0.1) is 11.6 Å². The van der Waals surface area contributed by atoms with E-state index in [4.69, 9.17) is 9.47 Å². The minimum absolute atomic E-state index is 0.115. The zero-order valence-corrected chi connectivity index (χ0v) is 17.8. The summed E-state index contributed by atoms with van der Waals surface area (Å²) in [6.07, 6.45) is 0. The van der Waals surface area contributed by atoms with Gasteiger partial charge in [-0.1, -0.05) is 12.1 Å². The van der Waals surface area contributed by atoms with Gasteiger partial charge in [-0.25, -0.2) is 13.8 Å². The fraction of sp³-hybridized carbons (Fsp3) is 0.0833. The molecule has 1 aromatic heterocycles. The maximum absolute atomic E-state index is 14.7. The van der Waals surface area contributed by atoms with Crippen LogP contribution in [0.15, 0.2) is 72.1 Å². The molecule has 1 amide bonds. The van der Waals surface area contributed by atoms with Gasteiger partial charge in [-0.2, -0.15) is 0 Å². The Morgan fingerprint density at radius 2 is 1.81 bits per heavy atom. The van der Waals surface area contributed by atoms with Crippen molar-refractivity contribution in [2.24, 2.45) is 0 Å². The number of amides is 1. The predicted octanol–water partition coefficient (Wildman–Crippen LogP) is 5.93. The van der Waals surface area contributed by atoms with Crippen LogP contribution in [0.5, 0.6) is 11.5 Å². The van der Waals surface area contributed by atoms with Crippen molar-refractivity contribution in [3.8, 4) is 22.1 Å². The number of carbonyl (C=O) groups is 1. The molecular weight excluding hydrogens is 434 g/mol. The Kier molecular flexibility index (Phi) is 6.42. The molecule has 0 atom stereocenters. The number of hydrogen-bond donors (Lipinski definition) is 1. The van der Waals surface area contributed by atoms with Crippen molar-refractivity contribution < 1.29 is 23.0 Å². The molecule has 1 heterocycles. The smallest absolute Gasteiger partial charge is 0.275 e. The summed E-state index contributed by atoms with van der Waals surface area (Å²) in [5, 5.41) is 4.69. The second-order valence-electron chi connectivity index (χ2n) is 6.78. The Morgan fingerprint density at radius 3 is 2.53 bits per heavy atom. The van der Waals surface area contributed by atoms with Gasteiger partial charge in [0.15, 0.2) is 0 Å². The molecule has 4 aromatic rings. The molecule has 1 N–H and O–H groups in total. The van der Waals surface area contributed by atoms with Crippen molar-refractivity contribution in [1.82, 2.24) is 4.98 Å². The zero-order chi connectivity index (χ0) is 22.5. The van der Waals surface area contributed by atoms with Gasteiger partial charge >= 0.3 is 0 Å². The number of halogens is 2. The van der Waals surface area contributed by atoms with E-state index in [0.717, 1.165) is 0 Å². The van der Waals surface area contributed by atoms with Gasteiger partial charge in [0, 0.05) is 22.7 Å². The van der Waals surface area contributed by atoms with Crippen LogP contribution in [-0.2, 0) is 6.61 Å². The van der Waals surface area contributed by atoms with Gasteiger partial charge in [0.05, 0.1) is 7.11 Å². The van der Waals surface area contributed by atoms with Crippen molar-refractivity contribution in [1.29, 1.82) is 0 Å². The van der Waals surface area contributed by atoms with Crippen LogP contribution >= 0.6 is 11.3 Å². The molecule has 0 radical (unpaired) electrons. The molecule has 0 saturated heterocycles. The SMILES string of the molecule is COc1ccc(NC(=O)c2csc(-c3ccc(OCc4cccc(F)c4)cc3F)n2)cc1. The first-order valence-corrected chi connectivity index (χ1v) is 10.5. The van der Waals surface area contributed by atoms with Crippen LogP contribution in [-0.4, -0.2) is 18.0 Å². The van der Waals surface area contributed by atoms with Gasteiger partial charge in [-0.3, -0.25) is 4.79 Å². The molecule has 3 aromatic carbocycles. The average Bonchev–Trinajstić information content (AvgIpc) is 3.28. The average molecular weight is 452 g/mol. The number of aromatic nitrogens is 1. The highest BCUT2D eigenvalue weighted by Gasteiger charge is 2.15. The van der Waals surface area contributed by atoms with E-state index < -0.39 is 11.7 Å². The summed E-state index contributed by atoms with van der Waals surface area (Å²) in [5.41, 5.74) is 1.68. The van der Waals surface area contributed by atoms with Crippen LogP contribution in [0.25, 0.3) is 10.6 Å². The molecule has 0 bridgehead atoms. The van der Waals surface area contributed by atoms with Crippen LogP contribution in [0.3, 0.4) is 0 Å². The molecule has 162 valence electrons. The Hall–Kier alpha value is -3.78. The zero-order valence-electron chi connectivity index (χ0n) is 17.0. The van der Waals surface area contributed by atoms with E-state index in [2.05, 4.69) is 10.3 Å². The van der Waals surface area contributed by atoms with Crippen LogP contribution in [0.4, 0.5) is 14.5 Å². The highest BCUT2D eigenvalue weighted by atomic mass is 32.1. The van der Waals surface area contributed by atoms with Gasteiger partial charge in [0.2, 0.25) is 0 Å². The molecule has 0 fully saturated rings. The standard InChI is InChI=1S/C24H18F2N2O3S/c1-30-18-7-5-17(6-8-18)27-23(29)22-14-32-24(28-22)20-10-9-19(12-21(20)26)31-13-15-3-2-4-16(25)11-15/h2-12,14H,13H2,1H3,(H,27,29). The largest absolute Gasteiger partial charge is 0.497 e. The van der Waals surface area contributed by atoms with Crippen LogP contribution in [0.2, 0.25) is 0 Å².